The van der Waals surface area contributed by atoms with Gasteiger partial charge < -0.3 is 63.9 Å². The molecule has 16 heterocycles. The Morgan fingerprint density at radius 1 is 0.392 bits per heavy atom. The van der Waals surface area contributed by atoms with Gasteiger partial charge in [-0.3, -0.25) is 19.2 Å². The molecular weight excluding hydrogens is 1550 g/mol. The normalized spacial score (nSPS) is 20.5. The third-order valence-electron chi connectivity index (χ3n) is 23.7. The topological polar surface area (TPSA) is 403 Å². The van der Waals surface area contributed by atoms with Gasteiger partial charge in [-0.2, -0.15) is 0 Å². The van der Waals surface area contributed by atoms with Gasteiger partial charge in [0, 0.05) is 175 Å². The van der Waals surface area contributed by atoms with E-state index in [1.54, 1.807) is 74.8 Å². The number of rotatable bonds is 21. The van der Waals surface area contributed by atoms with Crippen molar-refractivity contribution in [3.05, 3.63) is 97.2 Å². The molecule has 4 N–H and O–H groups in total. The number of nitrogens with zero attached hydrogens (tertiary/aromatic N) is 27. The quantitative estimate of drug-likeness (QED) is 0.0520. The fourth-order valence-electron chi connectivity index (χ4n) is 16.5. The van der Waals surface area contributed by atoms with Crippen molar-refractivity contribution in [1.29, 1.82) is 0 Å². The third kappa shape index (κ3) is 16.8. The molecule has 7 atom stereocenters. The average molecular weight is 1650 g/mol. The van der Waals surface area contributed by atoms with Crippen LogP contribution in [0.25, 0.3) is 90.2 Å². The first-order chi connectivity index (χ1) is 58.3. The van der Waals surface area contributed by atoms with Crippen LogP contribution >= 0.6 is 11.6 Å². The largest absolute Gasteiger partial charge is 0.480 e. The van der Waals surface area contributed by atoms with Gasteiger partial charge in [-0.25, -0.2) is 94.7 Å². The van der Waals surface area contributed by atoms with E-state index in [0.717, 1.165) is 212 Å². The van der Waals surface area contributed by atoms with Crippen LogP contribution in [0.1, 0.15) is 123 Å². The fraction of sp³-hybridized carbons (Fsp3) is 0.506. The molecule has 36 nitrogen and oxygen atoms in total. The molecule has 20 rings (SSSR count). The van der Waals surface area contributed by atoms with Gasteiger partial charge in [-0.15, -0.1) is 0 Å². The van der Waals surface area contributed by atoms with Crippen molar-refractivity contribution in [2.24, 2.45) is 35.5 Å². The first kappa shape index (κ1) is 80.2. The Hall–Kier alpha value is -12.2. The lowest BCUT2D eigenvalue weighted by molar-refractivity contribution is -0.132. The van der Waals surface area contributed by atoms with Crippen molar-refractivity contribution in [2.75, 3.05) is 80.7 Å². The standard InChI is InChI=1S/C21H24ClN7O2.2C21H26N8O.C20H24N8O/c1-3-29-18(13-8-15(22)20(31-2)23-9-13)27-16-17(24-11-25-19(16)29)26-14-6-7-28(10-14)21(30)12-4-5-12;1-4-29-19(15-7-22-13(3)23-8-15)27-17-18(24-11-25-20(17)29)26-16-10-28(9-12(16)2)21(30)14-5-6-14;1-4-29-19(14-8-22-13(3)23-9-14)27-17-18(24-11-25-20(17)29)26-15-5-6-28(10-15)21(30)16-7-12(16)2;1-3-28-18(14-8-21-12(2)22-9-14)26-16-17(23-11-24-19(16)28)25-15-6-7-27(10-15)20(29)13-4-5-13/h8-9,11-12,14H,3-7,10H2,1-2H3,(H,24,25,26);7-8,11-12,14,16H,4-6,9-10H2,1-3H3,(H,24,25,26);8-9,11-12,15-16H,4-7,10H2,1-3H3,(H,24,25,26);8-9,11,13,15H,3-7,10H2,1-2H3,(H,23,24,25)/t14-;;12-,15+,16+;15-/m0.10/s1. The van der Waals surface area contributed by atoms with E-state index in [9.17, 15) is 19.2 Å². The molecule has 4 amide bonds. The van der Waals surface area contributed by atoms with E-state index in [-0.39, 0.29) is 47.8 Å². The Kier molecular flexibility index (Phi) is 22.9. The average Bonchev–Trinajstić information content (AvgIpc) is 1.63. The number of aromatic nitrogens is 23. The number of carbonyl (C=O) groups is 4. The van der Waals surface area contributed by atoms with E-state index in [1.165, 1.54) is 7.11 Å². The van der Waals surface area contributed by atoms with Crippen molar-refractivity contribution in [3.8, 4) is 51.4 Å². The van der Waals surface area contributed by atoms with E-state index in [4.69, 9.17) is 36.3 Å². The monoisotopic (exact) mass is 1650 g/mol. The van der Waals surface area contributed by atoms with Gasteiger partial charge in [-0.05, 0) is 131 Å². The molecule has 8 fully saturated rings. The number of methoxy groups -OCH3 is 1. The number of amides is 4. The molecule has 0 spiro atoms. The Labute approximate surface area is 697 Å². The number of hydrogen-bond acceptors (Lipinski definition) is 28. The molecular formula is C83H100ClN31O5. The number of halogens is 1. The second kappa shape index (κ2) is 34.2. The summed E-state index contributed by atoms with van der Waals surface area (Å²) in [6.07, 6.45) is 28.6. The zero-order chi connectivity index (χ0) is 83.1. The second-order valence-corrected chi connectivity index (χ2v) is 32.8. The summed E-state index contributed by atoms with van der Waals surface area (Å²) in [5.41, 5.74) is 9.30. The molecule has 0 bridgehead atoms. The summed E-state index contributed by atoms with van der Waals surface area (Å²) in [4.78, 5) is 143. The van der Waals surface area contributed by atoms with Crippen LogP contribution in [-0.2, 0) is 45.4 Å². The Bertz CT molecular complexity index is 5790. The van der Waals surface area contributed by atoms with Crippen LogP contribution < -0.4 is 26.0 Å². The van der Waals surface area contributed by atoms with Gasteiger partial charge in [0.1, 0.15) is 71.1 Å². The molecule has 12 aromatic heterocycles. The van der Waals surface area contributed by atoms with Crippen molar-refractivity contribution in [2.45, 2.75) is 177 Å². The van der Waals surface area contributed by atoms with Crippen molar-refractivity contribution >= 4 is 103 Å². The van der Waals surface area contributed by atoms with Crippen LogP contribution in [-0.4, -0.2) is 240 Å². The van der Waals surface area contributed by atoms with E-state index in [0.29, 0.717) is 108 Å². The van der Waals surface area contributed by atoms with Crippen LogP contribution in [0, 0.1) is 56.3 Å². The SMILES string of the molecule is CCn1c(-c2cnc(C)nc2)nc2c(NC3CN(C(=O)C4CC4)CC3C)ncnc21.CCn1c(-c2cnc(C)nc2)nc2c(N[C@H]3CCN(C(=O)C4CC4)C3)ncnc21.CCn1c(-c2cnc(C)nc2)nc2c(N[C@H]3CCN(C(=O)[C@H]4C[C@H]4C)C3)ncnc21.CCn1c(-c2cnc(OC)c(Cl)c2)nc2c(N[C@H]3CCN(C(=O)C4CC4)C3)ncnc21. The van der Waals surface area contributed by atoms with Gasteiger partial charge in [0.15, 0.2) is 67.9 Å². The summed E-state index contributed by atoms with van der Waals surface area (Å²) in [7, 11) is 1.53. The highest BCUT2D eigenvalue weighted by Crippen LogP contribution is 2.42. The predicted octanol–water partition coefficient (Wildman–Crippen LogP) is 9.59. The molecule has 4 aliphatic carbocycles. The number of anilines is 4. The summed E-state index contributed by atoms with van der Waals surface area (Å²) >= 11 is 6.29. The summed E-state index contributed by atoms with van der Waals surface area (Å²) in [5, 5.41) is 14.5. The number of hydrogen-bond donors (Lipinski definition) is 4. The maximum Gasteiger partial charge on any atom is 0.232 e. The first-order valence-corrected chi connectivity index (χ1v) is 42.3. The van der Waals surface area contributed by atoms with E-state index >= 15 is 0 Å². The van der Waals surface area contributed by atoms with Gasteiger partial charge >= 0.3 is 0 Å². The van der Waals surface area contributed by atoms with Crippen molar-refractivity contribution < 1.29 is 23.9 Å². The van der Waals surface area contributed by atoms with Crippen LogP contribution in [0.15, 0.2) is 74.8 Å². The van der Waals surface area contributed by atoms with E-state index in [1.807, 2.05) is 56.4 Å². The molecule has 4 saturated carbocycles. The van der Waals surface area contributed by atoms with Gasteiger partial charge in [-0.1, -0.05) is 25.4 Å². The number of aryl methyl sites for hydroxylation is 7. The van der Waals surface area contributed by atoms with Crippen molar-refractivity contribution in [3.63, 3.8) is 0 Å². The second-order valence-electron chi connectivity index (χ2n) is 32.4. The number of likely N-dealkylation sites (tertiary alicyclic amines) is 4. The van der Waals surface area contributed by atoms with Crippen molar-refractivity contribution in [1.82, 2.24) is 133 Å². The lowest BCUT2D eigenvalue weighted by Crippen LogP contribution is -2.33. The smallest absolute Gasteiger partial charge is 0.232 e. The van der Waals surface area contributed by atoms with Gasteiger partial charge in [0.05, 0.1) is 23.8 Å². The molecule has 4 aliphatic heterocycles. The number of pyridine rings is 1. The highest BCUT2D eigenvalue weighted by atomic mass is 35.5. The first-order valence-electron chi connectivity index (χ1n) is 42.0. The maximum atomic E-state index is 12.5. The molecule has 37 heteroatoms. The molecule has 4 saturated heterocycles. The molecule has 120 heavy (non-hydrogen) atoms. The minimum atomic E-state index is 0.142. The number of nitrogens with one attached hydrogen (secondary N) is 4. The highest BCUT2D eigenvalue weighted by Gasteiger charge is 2.45. The fourth-order valence-corrected chi connectivity index (χ4v) is 16.7. The van der Waals surface area contributed by atoms with Crippen LogP contribution in [0.5, 0.6) is 5.88 Å². The number of carbonyl (C=O) groups excluding carboxylic acids is 4. The maximum absolute atomic E-state index is 12.5. The number of imidazole rings is 4. The van der Waals surface area contributed by atoms with Gasteiger partial charge in [0.2, 0.25) is 29.5 Å². The Morgan fingerprint density at radius 3 is 1.02 bits per heavy atom. The zero-order valence-electron chi connectivity index (χ0n) is 69.3. The van der Waals surface area contributed by atoms with E-state index in [2.05, 4.69) is 140 Å². The summed E-state index contributed by atoms with van der Waals surface area (Å²) in [6.45, 7) is 27.0. The summed E-state index contributed by atoms with van der Waals surface area (Å²) in [6, 6.07) is 2.42. The van der Waals surface area contributed by atoms with Crippen LogP contribution in [0.4, 0.5) is 23.3 Å². The van der Waals surface area contributed by atoms with Crippen LogP contribution in [0.3, 0.4) is 0 Å². The predicted molar refractivity (Wildman–Crippen MR) is 450 cm³/mol. The summed E-state index contributed by atoms with van der Waals surface area (Å²) < 4.78 is 13.3. The minimum absolute atomic E-state index is 0.142. The Morgan fingerprint density at radius 2 is 0.708 bits per heavy atom. The number of fused-ring (bicyclic) bond motifs is 4. The number of ether oxygens (including phenoxy) is 1. The molecule has 12 aromatic rings. The molecule has 8 aliphatic rings. The molecule has 0 aromatic carbocycles. The summed E-state index contributed by atoms with van der Waals surface area (Å²) in [5.74, 6) is 11.5. The van der Waals surface area contributed by atoms with Crippen LogP contribution in [0.2, 0.25) is 5.02 Å². The molecule has 0 radical (unpaired) electrons. The molecule has 624 valence electrons. The third-order valence-corrected chi connectivity index (χ3v) is 24.0. The zero-order valence-corrected chi connectivity index (χ0v) is 70.0. The van der Waals surface area contributed by atoms with E-state index < -0.39 is 0 Å². The lowest BCUT2D eigenvalue weighted by atomic mass is 10.1. The Balaban J connectivity index is 0.000000114. The highest BCUT2D eigenvalue weighted by molar-refractivity contribution is 6.32. The minimum Gasteiger partial charge on any atom is -0.480 e. The molecule has 2 unspecified atom stereocenters. The van der Waals surface area contributed by atoms with Gasteiger partial charge in [0.25, 0.3) is 0 Å². The lowest BCUT2D eigenvalue weighted by Gasteiger charge is -2.17.